The van der Waals surface area contributed by atoms with Gasteiger partial charge in [-0.2, -0.15) is 0 Å². The molecule has 1 saturated heterocycles. The molecule has 0 bridgehead atoms. The van der Waals surface area contributed by atoms with E-state index in [-0.39, 0.29) is 0 Å². The van der Waals surface area contributed by atoms with Crippen LogP contribution in [0.15, 0.2) is 18.3 Å². The van der Waals surface area contributed by atoms with E-state index in [0.29, 0.717) is 18.4 Å². The van der Waals surface area contributed by atoms with Gasteiger partial charge in [-0.1, -0.05) is 13.3 Å². The van der Waals surface area contributed by atoms with Gasteiger partial charge in [-0.3, -0.25) is 0 Å². The molecule has 2 atom stereocenters. The van der Waals surface area contributed by atoms with Gasteiger partial charge in [-0.05, 0) is 38.1 Å². The molecule has 2 unspecified atom stereocenters. The lowest BCUT2D eigenvalue weighted by Gasteiger charge is -2.38. The number of aromatic nitrogens is 1. The van der Waals surface area contributed by atoms with E-state index in [1.165, 1.54) is 38.0 Å². The second-order valence-electron chi connectivity index (χ2n) is 5.54. The molecule has 1 aromatic heterocycles. The van der Waals surface area contributed by atoms with Crippen LogP contribution in [0, 0.1) is 5.92 Å². The van der Waals surface area contributed by atoms with Gasteiger partial charge in [0.15, 0.2) is 0 Å². The van der Waals surface area contributed by atoms with Crippen molar-refractivity contribution in [2.45, 2.75) is 32.1 Å². The molecule has 0 spiro atoms. The fraction of sp³-hybridized carbons (Fsp3) is 0.733. The van der Waals surface area contributed by atoms with Gasteiger partial charge < -0.3 is 14.6 Å². The molecule has 0 saturated carbocycles. The molecule has 0 amide bonds. The maximum absolute atomic E-state index is 9.66. The molecule has 0 radical (unpaired) electrons. The highest BCUT2D eigenvalue weighted by atomic mass is 16.3. The Morgan fingerprint density at radius 2 is 2.28 bits per heavy atom. The molecule has 2 heterocycles. The van der Waals surface area contributed by atoms with Gasteiger partial charge in [0.25, 0.3) is 0 Å². The minimum atomic E-state index is 0.304. The highest BCUT2D eigenvalue weighted by Crippen LogP contribution is 2.32. The smallest absolute Gasteiger partial charge is 0.0477 e. The van der Waals surface area contributed by atoms with Crippen molar-refractivity contribution >= 4 is 0 Å². The number of aliphatic hydroxyl groups excluding tert-OH is 1. The Balaban J connectivity index is 2.00. The standard InChI is InChI=1S/C15H26N2O/c1-3-4-9-17-10-7-14(13(11-17)12-18)15-6-5-8-16(15)2/h5-6,8,13-14,18H,3-4,7,9-12H2,1-2H3. The Morgan fingerprint density at radius 1 is 1.44 bits per heavy atom. The monoisotopic (exact) mass is 250 g/mol. The summed E-state index contributed by atoms with van der Waals surface area (Å²) in [7, 11) is 2.10. The summed E-state index contributed by atoms with van der Waals surface area (Å²) in [6.07, 6.45) is 5.80. The van der Waals surface area contributed by atoms with Crippen LogP contribution in [0.3, 0.4) is 0 Å². The molecule has 1 aliphatic rings. The molecule has 3 nitrogen and oxygen atoms in total. The number of hydrogen-bond donors (Lipinski definition) is 1. The highest BCUT2D eigenvalue weighted by molar-refractivity contribution is 5.15. The SMILES string of the molecule is CCCCN1CCC(c2cccn2C)C(CO)C1. The van der Waals surface area contributed by atoms with Crippen molar-refractivity contribution in [3.63, 3.8) is 0 Å². The second kappa shape index (κ2) is 6.39. The Labute approximate surface area is 110 Å². The van der Waals surface area contributed by atoms with E-state index >= 15 is 0 Å². The first-order valence-corrected chi connectivity index (χ1v) is 7.20. The average molecular weight is 250 g/mol. The first-order valence-electron chi connectivity index (χ1n) is 7.20. The van der Waals surface area contributed by atoms with Gasteiger partial charge in [0.2, 0.25) is 0 Å². The second-order valence-corrected chi connectivity index (χ2v) is 5.54. The Bertz CT molecular complexity index is 361. The van der Waals surface area contributed by atoms with Crippen LogP contribution < -0.4 is 0 Å². The summed E-state index contributed by atoms with van der Waals surface area (Å²) in [5, 5.41) is 9.66. The van der Waals surface area contributed by atoms with E-state index in [4.69, 9.17) is 0 Å². The molecular weight excluding hydrogens is 224 g/mol. The zero-order valence-electron chi connectivity index (χ0n) is 11.7. The van der Waals surface area contributed by atoms with Gasteiger partial charge in [0, 0.05) is 43.9 Å². The summed E-state index contributed by atoms with van der Waals surface area (Å²) in [4.78, 5) is 2.52. The normalized spacial score (nSPS) is 25.5. The lowest BCUT2D eigenvalue weighted by atomic mass is 9.83. The molecule has 1 aromatic rings. The molecule has 0 aliphatic carbocycles. The number of aliphatic hydroxyl groups is 1. The summed E-state index contributed by atoms with van der Waals surface area (Å²) >= 11 is 0. The van der Waals surface area contributed by atoms with Crippen LogP contribution in [0.5, 0.6) is 0 Å². The number of hydrogen-bond acceptors (Lipinski definition) is 2. The molecule has 1 N–H and O–H groups in total. The fourth-order valence-corrected chi connectivity index (χ4v) is 3.13. The summed E-state index contributed by atoms with van der Waals surface area (Å²) in [6.45, 7) is 5.95. The topological polar surface area (TPSA) is 28.4 Å². The number of piperidine rings is 1. The largest absolute Gasteiger partial charge is 0.396 e. The average Bonchev–Trinajstić information content (AvgIpc) is 2.82. The summed E-state index contributed by atoms with van der Waals surface area (Å²) in [5.41, 5.74) is 1.38. The number of aryl methyl sites for hydroxylation is 1. The van der Waals surface area contributed by atoms with E-state index < -0.39 is 0 Å². The third kappa shape index (κ3) is 2.96. The first kappa shape index (κ1) is 13.6. The van der Waals surface area contributed by atoms with Crippen molar-refractivity contribution < 1.29 is 5.11 Å². The third-order valence-electron chi connectivity index (χ3n) is 4.24. The summed E-state index contributed by atoms with van der Waals surface area (Å²) in [6, 6.07) is 4.31. The maximum atomic E-state index is 9.66. The van der Waals surface area contributed by atoms with Crippen LogP contribution in [-0.2, 0) is 7.05 Å². The molecule has 2 rings (SSSR count). The van der Waals surface area contributed by atoms with E-state index in [1.807, 2.05) is 0 Å². The van der Waals surface area contributed by atoms with Crippen molar-refractivity contribution in [2.24, 2.45) is 13.0 Å². The predicted octanol–water partition coefficient (Wildman–Crippen LogP) is 2.22. The van der Waals surface area contributed by atoms with Crippen molar-refractivity contribution in [1.29, 1.82) is 0 Å². The van der Waals surface area contributed by atoms with Crippen LogP contribution in [0.4, 0.5) is 0 Å². The molecule has 1 aliphatic heterocycles. The van der Waals surface area contributed by atoms with Crippen LogP contribution >= 0.6 is 0 Å². The van der Waals surface area contributed by atoms with E-state index in [1.54, 1.807) is 0 Å². The molecule has 102 valence electrons. The van der Waals surface area contributed by atoms with Crippen molar-refractivity contribution in [3.05, 3.63) is 24.0 Å². The van der Waals surface area contributed by atoms with Gasteiger partial charge in [0.1, 0.15) is 0 Å². The zero-order chi connectivity index (χ0) is 13.0. The van der Waals surface area contributed by atoms with Crippen LogP contribution in [0.1, 0.15) is 37.8 Å². The third-order valence-corrected chi connectivity index (χ3v) is 4.24. The van der Waals surface area contributed by atoms with Crippen molar-refractivity contribution in [1.82, 2.24) is 9.47 Å². The quantitative estimate of drug-likeness (QED) is 0.868. The molecule has 0 aromatic carbocycles. The van der Waals surface area contributed by atoms with Gasteiger partial charge in [0.05, 0.1) is 0 Å². The number of likely N-dealkylation sites (tertiary alicyclic amines) is 1. The lowest BCUT2D eigenvalue weighted by Crippen LogP contribution is -2.41. The Morgan fingerprint density at radius 3 is 2.89 bits per heavy atom. The minimum absolute atomic E-state index is 0.304. The Kier molecular flexibility index (Phi) is 4.84. The number of nitrogens with zero attached hydrogens (tertiary/aromatic N) is 2. The van der Waals surface area contributed by atoms with Gasteiger partial charge in [-0.25, -0.2) is 0 Å². The van der Waals surface area contributed by atoms with Crippen molar-refractivity contribution in [2.75, 3.05) is 26.2 Å². The number of unbranched alkanes of at least 4 members (excludes halogenated alkanes) is 1. The fourth-order valence-electron chi connectivity index (χ4n) is 3.13. The summed E-state index contributed by atoms with van der Waals surface area (Å²) < 4.78 is 2.20. The van der Waals surface area contributed by atoms with E-state index in [9.17, 15) is 5.11 Å². The zero-order valence-corrected chi connectivity index (χ0v) is 11.7. The highest BCUT2D eigenvalue weighted by Gasteiger charge is 2.30. The van der Waals surface area contributed by atoms with Crippen molar-refractivity contribution in [3.8, 4) is 0 Å². The van der Waals surface area contributed by atoms with Crippen LogP contribution in [0.2, 0.25) is 0 Å². The lowest BCUT2D eigenvalue weighted by molar-refractivity contribution is 0.0986. The molecule has 3 heteroatoms. The van der Waals surface area contributed by atoms with Gasteiger partial charge in [-0.15, -0.1) is 0 Å². The van der Waals surface area contributed by atoms with Crippen LogP contribution in [-0.4, -0.2) is 40.8 Å². The van der Waals surface area contributed by atoms with E-state index in [0.717, 1.165) is 6.54 Å². The summed E-state index contributed by atoms with van der Waals surface area (Å²) in [5.74, 6) is 0.914. The van der Waals surface area contributed by atoms with E-state index in [2.05, 4.69) is 41.8 Å². The molecule has 18 heavy (non-hydrogen) atoms. The predicted molar refractivity (Wildman–Crippen MR) is 74.7 cm³/mol. The Hall–Kier alpha value is -0.800. The van der Waals surface area contributed by atoms with Gasteiger partial charge >= 0.3 is 0 Å². The number of rotatable bonds is 5. The maximum Gasteiger partial charge on any atom is 0.0477 e. The van der Waals surface area contributed by atoms with Crippen LogP contribution in [0.25, 0.3) is 0 Å². The molecule has 1 fully saturated rings. The minimum Gasteiger partial charge on any atom is -0.396 e. The first-order chi connectivity index (χ1) is 8.76. The molecular formula is C15H26N2O.